The zero-order chi connectivity index (χ0) is 18.6. The molecular weight excluding hydrogens is 364 g/mol. The largest absolute Gasteiger partial charge is 0.471 e. The lowest BCUT2D eigenvalue weighted by Gasteiger charge is -2.13. The number of alkyl halides is 3. The number of carbonyl (C=O) groups excluding carboxylic acids is 2. The highest BCUT2D eigenvalue weighted by Crippen LogP contribution is 2.22. The van der Waals surface area contributed by atoms with Crippen LogP contribution in [0.3, 0.4) is 0 Å². The van der Waals surface area contributed by atoms with E-state index in [-0.39, 0.29) is 16.3 Å². The zero-order valence-electron chi connectivity index (χ0n) is 12.5. The molecule has 132 valence electrons. The van der Waals surface area contributed by atoms with Crippen molar-refractivity contribution >= 4 is 29.1 Å². The van der Waals surface area contributed by atoms with Gasteiger partial charge in [-0.25, -0.2) is 4.39 Å². The molecule has 0 saturated carbocycles. The van der Waals surface area contributed by atoms with E-state index in [0.717, 1.165) is 6.07 Å². The van der Waals surface area contributed by atoms with Crippen molar-refractivity contribution in [3.8, 4) is 0 Å². The van der Waals surface area contributed by atoms with Gasteiger partial charge in [-0.05, 0) is 23.8 Å². The molecule has 0 spiro atoms. The molecule has 0 saturated heterocycles. The molecule has 0 atom stereocenters. The van der Waals surface area contributed by atoms with Gasteiger partial charge >= 0.3 is 12.1 Å². The van der Waals surface area contributed by atoms with E-state index >= 15 is 0 Å². The second-order valence-corrected chi connectivity index (χ2v) is 5.30. The molecule has 0 aliphatic heterocycles. The number of para-hydroxylation sites is 1. The van der Waals surface area contributed by atoms with Crippen molar-refractivity contribution in [2.75, 3.05) is 5.32 Å². The van der Waals surface area contributed by atoms with E-state index in [1.807, 2.05) is 0 Å². The second-order valence-electron chi connectivity index (χ2n) is 4.89. The number of rotatable bonds is 4. The van der Waals surface area contributed by atoms with Gasteiger partial charge in [-0.15, -0.1) is 0 Å². The Labute approximate surface area is 144 Å². The average molecular weight is 375 g/mol. The predicted octanol–water partition coefficient (Wildman–Crippen LogP) is 3.91. The van der Waals surface area contributed by atoms with E-state index in [4.69, 9.17) is 11.6 Å². The van der Waals surface area contributed by atoms with E-state index in [0.29, 0.717) is 0 Å². The summed E-state index contributed by atoms with van der Waals surface area (Å²) in [6.07, 6.45) is -5.01. The molecule has 0 aliphatic rings. The van der Waals surface area contributed by atoms with Crippen molar-refractivity contribution in [1.82, 2.24) is 5.32 Å². The Morgan fingerprint density at radius 1 is 1.04 bits per heavy atom. The van der Waals surface area contributed by atoms with Crippen LogP contribution in [0.5, 0.6) is 0 Å². The van der Waals surface area contributed by atoms with Crippen LogP contribution in [0.2, 0.25) is 5.02 Å². The lowest BCUT2D eigenvalue weighted by molar-refractivity contribution is -0.173. The summed E-state index contributed by atoms with van der Waals surface area (Å²) >= 11 is 5.80. The first-order chi connectivity index (χ1) is 11.7. The molecular formula is C16H11ClF4N2O2. The molecule has 9 heteroatoms. The number of anilines is 1. The normalized spacial score (nSPS) is 11.1. The van der Waals surface area contributed by atoms with Crippen molar-refractivity contribution < 1.29 is 27.2 Å². The van der Waals surface area contributed by atoms with Crippen molar-refractivity contribution in [3.63, 3.8) is 0 Å². The molecule has 0 aliphatic carbocycles. The maximum Gasteiger partial charge on any atom is 0.471 e. The molecule has 0 bridgehead atoms. The third kappa shape index (κ3) is 4.69. The molecule has 2 N–H and O–H groups in total. The van der Waals surface area contributed by atoms with Crippen LogP contribution < -0.4 is 10.6 Å². The molecule has 2 amide bonds. The molecule has 25 heavy (non-hydrogen) atoms. The van der Waals surface area contributed by atoms with E-state index in [1.165, 1.54) is 36.4 Å². The van der Waals surface area contributed by atoms with Crippen molar-refractivity contribution in [3.05, 3.63) is 64.4 Å². The molecule has 0 radical (unpaired) electrons. The minimum atomic E-state index is -5.01. The predicted molar refractivity (Wildman–Crippen MR) is 83.7 cm³/mol. The Bertz CT molecular complexity index is 789. The average Bonchev–Trinajstić information content (AvgIpc) is 2.52. The monoisotopic (exact) mass is 374 g/mol. The molecule has 0 unspecified atom stereocenters. The van der Waals surface area contributed by atoms with Crippen molar-refractivity contribution in [2.45, 2.75) is 12.7 Å². The van der Waals surface area contributed by atoms with Crippen LogP contribution in [0.4, 0.5) is 23.2 Å². The highest BCUT2D eigenvalue weighted by atomic mass is 35.5. The molecule has 2 aromatic carbocycles. The first kappa shape index (κ1) is 18.7. The first-order valence-corrected chi connectivity index (χ1v) is 7.26. The summed E-state index contributed by atoms with van der Waals surface area (Å²) in [7, 11) is 0. The summed E-state index contributed by atoms with van der Waals surface area (Å²) < 4.78 is 50.5. The maximum atomic E-state index is 13.8. The highest BCUT2D eigenvalue weighted by Gasteiger charge is 2.38. The molecule has 4 nitrogen and oxygen atoms in total. The minimum absolute atomic E-state index is 0.111. The number of nitrogens with one attached hydrogen (secondary N) is 2. The van der Waals surface area contributed by atoms with Gasteiger partial charge in [0, 0.05) is 12.2 Å². The van der Waals surface area contributed by atoms with Crippen LogP contribution in [-0.4, -0.2) is 18.0 Å². The number of carbonyl (C=O) groups is 2. The first-order valence-electron chi connectivity index (χ1n) is 6.88. The highest BCUT2D eigenvalue weighted by molar-refractivity contribution is 6.34. The molecule has 0 heterocycles. The van der Waals surface area contributed by atoms with Gasteiger partial charge in [0.1, 0.15) is 5.82 Å². The van der Waals surface area contributed by atoms with Gasteiger partial charge < -0.3 is 10.6 Å². The fourth-order valence-corrected chi connectivity index (χ4v) is 2.22. The number of halogens is 5. The summed E-state index contributed by atoms with van der Waals surface area (Å²) in [6, 6.07) is 9.56. The van der Waals surface area contributed by atoms with Gasteiger partial charge in [-0.3, -0.25) is 9.59 Å². The number of hydrogen-bond acceptors (Lipinski definition) is 2. The molecule has 0 aromatic heterocycles. The van der Waals surface area contributed by atoms with Gasteiger partial charge in [0.25, 0.3) is 5.91 Å². The van der Waals surface area contributed by atoms with Gasteiger partial charge in [0.2, 0.25) is 0 Å². The molecule has 2 rings (SSSR count). The lowest BCUT2D eigenvalue weighted by atomic mass is 10.1. The number of hydrogen-bond donors (Lipinski definition) is 2. The van der Waals surface area contributed by atoms with Crippen LogP contribution in [0.1, 0.15) is 15.9 Å². The SMILES string of the molecule is O=C(Nc1ccccc1CNC(=O)C(F)(F)F)c1c(F)cccc1Cl. The van der Waals surface area contributed by atoms with Crippen molar-refractivity contribution in [1.29, 1.82) is 0 Å². The van der Waals surface area contributed by atoms with Gasteiger partial charge in [0.05, 0.1) is 10.6 Å². The Kier molecular flexibility index (Phi) is 5.63. The van der Waals surface area contributed by atoms with Crippen molar-refractivity contribution in [2.24, 2.45) is 0 Å². The van der Waals surface area contributed by atoms with E-state index in [1.54, 1.807) is 5.32 Å². The summed E-state index contributed by atoms with van der Waals surface area (Å²) in [5, 5.41) is 3.96. The Morgan fingerprint density at radius 3 is 2.36 bits per heavy atom. The van der Waals surface area contributed by atoms with Gasteiger partial charge in [-0.1, -0.05) is 35.9 Å². The third-order valence-electron chi connectivity index (χ3n) is 3.15. The summed E-state index contributed by atoms with van der Waals surface area (Å²) in [5.74, 6) is -3.81. The number of benzene rings is 2. The van der Waals surface area contributed by atoms with Crippen LogP contribution in [-0.2, 0) is 11.3 Å². The van der Waals surface area contributed by atoms with E-state index in [9.17, 15) is 27.2 Å². The lowest BCUT2D eigenvalue weighted by Crippen LogP contribution is -2.36. The third-order valence-corrected chi connectivity index (χ3v) is 3.47. The van der Waals surface area contributed by atoms with Crippen LogP contribution >= 0.6 is 11.6 Å². The van der Waals surface area contributed by atoms with Crippen LogP contribution in [0.15, 0.2) is 42.5 Å². The van der Waals surface area contributed by atoms with Crippen LogP contribution in [0, 0.1) is 5.82 Å². The second kappa shape index (κ2) is 7.52. The topological polar surface area (TPSA) is 58.2 Å². The van der Waals surface area contributed by atoms with E-state index < -0.39 is 35.9 Å². The molecule has 2 aromatic rings. The standard InChI is InChI=1S/C16H11ClF4N2O2/c17-10-5-3-6-11(18)13(10)14(24)23-12-7-2-1-4-9(12)8-22-15(25)16(19,20)21/h1-7H,8H2,(H,22,25)(H,23,24). The minimum Gasteiger partial charge on any atom is -0.344 e. The van der Waals surface area contributed by atoms with Gasteiger partial charge in [0.15, 0.2) is 0 Å². The maximum absolute atomic E-state index is 13.8. The Balaban J connectivity index is 2.18. The summed E-state index contributed by atoms with van der Waals surface area (Å²) in [6.45, 7) is -0.472. The van der Waals surface area contributed by atoms with Gasteiger partial charge in [-0.2, -0.15) is 13.2 Å². The zero-order valence-corrected chi connectivity index (χ0v) is 13.2. The Hall–Kier alpha value is -2.61. The van der Waals surface area contributed by atoms with Crippen LogP contribution in [0.25, 0.3) is 0 Å². The Morgan fingerprint density at radius 2 is 1.72 bits per heavy atom. The quantitative estimate of drug-likeness (QED) is 0.797. The summed E-state index contributed by atoms with van der Waals surface area (Å²) in [5.41, 5.74) is -0.0616. The van der Waals surface area contributed by atoms with E-state index in [2.05, 4.69) is 5.32 Å². The fourth-order valence-electron chi connectivity index (χ4n) is 1.97. The number of amides is 2. The fraction of sp³-hybridized carbons (Fsp3) is 0.125. The summed E-state index contributed by atoms with van der Waals surface area (Å²) in [4.78, 5) is 23.1. The molecule has 0 fully saturated rings. The smallest absolute Gasteiger partial charge is 0.344 e.